The first kappa shape index (κ1) is 7.84. The highest BCUT2D eigenvalue weighted by molar-refractivity contribution is 5.73. The molecule has 0 spiro atoms. The van der Waals surface area contributed by atoms with Crippen molar-refractivity contribution in [1.29, 1.82) is 0 Å². The molecule has 3 atom stereocenters. The van der Waals surface area contributed by atoms with Crippen LogP contribution in [-0.4, -0.2) is 13.1 Å². The van der Waals surface area contributed by atoms with E-state index in [0.29, 0.717) is 11.8 Å². The minimum Gasteiger partial charge on any atom is -0.469 e. The van der Waals surface area contributed by atoms with Crippen molar-refractivity contribution in [3.63, 3.8) is 0 Å². The molecule has 12 heavy (non-hydrogen) atoms. The Morgan fingerprint density at radius 1 is 1.42 bits per heavy atom. The van der Waals surface area contributed by atoms with Crippen molar-refractivity contribution in [3.05, 3.63) is 12.2 Å². The van der Waals surface area contributed by atoms with Gasteiger partial charge in [0.2, 0.25) is 0 Å². The van der Waals surface area contributed by atoms with Gasteiger partial charge in [-0.2, -0.15) is 0 Å². The van der Waals surface area contributed by atoms with E-state index in [0.717, 1.165) is 6.42 Å². The molecule has 0 amide bonds. The van der Waals surface area contributed by atoms with Crippen LogP contribution in [0.25, 0.3) is 0 Å². The number of hydrogen-bond acceptors (Lipinski definition) is 2. The third-order valence-electron chi connectivity index (χ3n) is 3.08. The van der Waals surface area contributed by atoms with E-state index in [1.165, 1.54) is 20.0 Å². The molecule has 3 rings (SSSR count). The molecule has 2 nitrogen and oxygen atoms in total. The predicted molar refractivity (Wildman–Crippen MR) is 45.5 cm³/mol. The molecular weight excluding hydrogens is 152 g/mol. The van der Waals surface area contributed by atoms with Gasteiger partial charge >= 0.3 is 5.97 Å². The Morgan fingerprint density at radius 2 is 2.25 bits per heavy atom. The van der Waals surface area contributed by atoms with Gasteiger partial charge in [-0.05, 0) is 31.1 Å². The van der Waals surface area contributed by atoms with Gasteiger partial charge in [-0.25, -0.2) is 0 Å². The van der Waals surface area contributed by atoms with Crippen LogP contribution < -0.4 is 0 Å². The topological polar surface area (TPSA) is 26.3 Å². The molecule has 1 saturated carbocycles. The van der Waals surface area contributed by atoms with Crippen molar-refractivity contribution in [2.24, 2.45) is 17.8 Å². The van der Waals surface area contributed by atoms with Gasteiger partial charge in [-0.3, -0.25) is 4.79 Å². The average Bonchev–Trinajstić information content (AvgIpc) is 2.18. The Labute approximate surface area is 72.6 Å². The van der Waals surface area contributed by atoms with Crippen LogP contribution in [0.5, 0.6) is 0 Å². The monoisotopic (exact) mass is 166 g/mol. The number of hydrogen-bond donors (Lipinski definition) is 0. The van der Waals surface area contributed by atoms with Crippen LogP contribution in [0.15, 0.2) is 12.2 Å². The second kappa shape index (κ2) is 2.92. The molecular formula is C10H14O2. The molecule has 2 bridgehead atoms. The number of fused-ring (bicyclic) bond motifs is 2. The van der Waals surface area contributed by atoms with E-state index in [9.17, 15) is 4.79 Å². The molecule has 2 heteroatoms. The lowest BCUT2D eigenvalue weighted by Crippen LogP contribution is -2.33. The molecule has 3 aliphatic rings. The van der Waals surface area contributed by atoms with E-state index in [-0.39, 0.29) is 11.9 Å². The van der Waals surface area contributed by atoms with Crippen LogP contribution in [0.3, 0.4) is 0 Å². The number of esters is 1. The van der Waals surface area contributed by atoms with Crippen molar-refractivity contribution in [2.45, 2.75) is 19.3 Å². The van der Waals surface area contributed by atoms with Gasteiger partial charge in [-0.15, -0.1) is 0 Å². The van der Waals surface area contributed by atoms with Crippen LogP contribution >= 0.6 is 0 Å². The highest BCUT2D eigenvalue weighted by Crippen LogP contribution is 2.40. The zero-order chi connectivity index (χ0) is 8.55. The maximum Gasteiger partial charge on any atom is 0.309 e. The van der Waals surface area contributed by atoms with Crippen molar-refractivity contribution in [2.75, 3.05) is 7.11 Å². The van der Waals surface area contributed by atoms with Crippen molar-refractivity contribution in [3.8, 4) is 0 Å². The summed E-state index contributed by atoms with van der Waals surface area (Å²) < 4.78 is 4.77. The molecule has 0 aromatic rings. The summed E-state index contributed by atoms with van der Waals surface area (Å²) in [6.07, 6.45) is 7.89. The first-order chi connectivity index (χ1) is 5.81. The third kappa shape index (κ3) is 1.15. The first-order valence-electron chi connectivity index (χ1n) is 4.57. The summed E-state index contributed by atoms with van der Waals surface area (Å²) in [7, 11) is 1.48. The van der Waals surface area contributed by atoms with E-state index >= 15 is 0 Å². The molecule has 0 heterocycles. The van der Waals surface area contributed by atoms with Crippen molar-refractivity contribution in [1.82, 2.24) is 0 Å². The molecule has 0 aromatic carbocycles. The van der Waals surface area contributed by atoms with Gasteiger partial charge in [0.25, 0.3) is 0 Å². The third-order valence-corrected chi connectivity index (χ3v) is 3.08. The summed E-state index contributed by atoms with van der Waals surface area (Å²) in [4.78, 5) is 11.3. The molecule has 66 valence electrons. The number of carbonyl (C=O) groups excluding carboxylic acids is 1. The second-order valence-corrected chi connectivity index (χ2v) is 3.75. The lowest BCUT2D eigenvalue weighted by atomic mass is 9.69. The lowest BCUT2D eigenvalue weighted by Gasteiger charge is -2.36. The molecule has 0 saturated heterocycles. The fourth-order valence-electron chi connectivity index (χ4n) is 2.35. The Kier molecular flexibility index (Phi) is 1.91. The molecule has 3 unspecified atom stereocenters. The summed E-state index contributed by atoms with van der Waals surface area (Å²) >= 11 is 0. The Morgan fingerprint density at radius 3 is 2.67 bits per heavy atom. The zero-order valence-electron chi connectivity index (χ0n) is 7.32. The molecule has 0 aromatic heterocycles. The van der Waals surface area contributed by atoms with Gasteiger partial charge in [0.15, 0.2) is 0 Å². The van der Waals surface area contributed by atoms with Crippen molar-refractivity contribution < 1.29 is 9.53 Å². The second-order valence-electron chi connectivity index (χ2n) is 3.75. The number of ether oxygens (including phenoxy) is 1. The molecule has 0 N–H and O–H groups in total. The van der Waals surface area contributed by atoms with Crippen LogP contribution in [0.1, 0.15) is 19.3 Å². The van der Waals surface area contributed by atoms with Gasteiger partial charge in [0.1, 0.15) is 0 Å². The Balaban J connectivity index is 2.11. The van der Waals surface area contributed by atoms with E-state index in [2.05, 4.69) is 12.2 Å². The summed E-state index contributed by atoms with van der Waals surface area (Å²) in [5.41, 5.74) is 0. The SMILES string of the molecule is COC(=O)C1CC2C=CC1CC2. The van der Waals surface area contributed by atoms with Crippen LogP contribution in [0.4, 0.5) is 0 Å². The van der Waals surface area contributed by atoms with E-state index < -0.39 is 0 Å². The number of allylic oxidation sites excluding steroid dienone is 2. The standard InChI is InChI=1S/C10H14O2/c1-12-10(11)9-6-7-2-4-8(9)5-3-7/h2,4,7-9H,3,5-6H2,1H3. The summed E-state index contributed by atoms with van der Waals surface area (Å²) in [6, 6.07) is 0. The van der Waals surface area contributed by atoms with E-state index in [1.807, 2.05) is 0 Å². The normalized spacial score (nSPS) is 38.2. The number of carbonyl (C=O) groups is 1. The highest BCUT2D eigenvalue weighted by atomic mass is 16.5. The fraction of sp³-hybridized carbons (Fsp3) is 0.700. The van der Waals surface area contributed by atoms with Crippen LogP contribution in [0.2, 0.25) is 0 Å². The summed E-state index contributed by atoms with van der Waals surface area (Å²) in [5.74, 6) is 1.23. The summed E-state index contributed by atoms with van der Waals surface area (Å²) in [6.45, 7) is 0. The molecule has 0 radical (unpaired) electrons. The minimum absolute atomic E-state index is 0.0194. The largest absolute Gasteiger partial charge is 0.469 e. The quantitative estimate of drug-likeness (QED) is 0.438. The molecule has 0 aliphatic heterocycles. The van der Waals surface area contributed by atoms with E-state index in [4.69, 9.17) is 4.74 Å². The van der Waals surface area contributed by atoms with Gasteiger partial charge in [0, 0.05) is 0 Å². The average molecular weight is 166 g/mol. The maximum atomic E-state index is 11.3. The van der Waals surface area contributed by atoms with Crippen molar-refractivity contribution >= 4 is 5.97 Å². The van der Waals surface area contributed by atoms with Gasteiger partial charge in [0.05, 0.1) is 13.0 Å². The maximum absolute atomic E-state index is 11.3. The number of rotatable bonds is 1. The lowest BCUT2D eigenvalue weighted by molar-refractivity contribution is -0.148. The smallest absolute Gasteiger partial charge is 0.309 e. The first-order valence-corrected chi connectivity index (χ1v) is 4.57. The van der Waals surface area contributed by atoms with Crippen LogP contribution in [0, 0.1) is 17.8 Å². The minimum atomic E-state index is -0.0194. The fourth-order valence-corrected chi connectivity index (χ4v) is 2.35. The molecule has 3 aliphatic carbocycles. The van der Waals surface area contributed by atoms with Crippen LogP contribution in [-0.2, 0) is 9.53 Å². The zero-order valence-corrected chi connectivity index (χ0v) is 7.32. The highest BCUT2D eigenvalue weighted by Gasteiger charge is 2.36. The Bertz CT molecular complexity index is 220. The van der Waals surface area contributed by atoms with E-state index in [1.54, 1.807) is 0 Å². The molecule has 1 fully saturated rings. The van der Waals surface area contributed by atoms with Gasteiger partial charge in [-0.1, -0.05) is 12.2 Å². The summed E-state index contributed by atoms with van der Waals surface area (Å²) in [5, 5.41) is 0. The van der Waals surface area contributed by atoms with Gasteiger partial charge < -0.3 is 4.74 Å². The number of methoxy groups -OCH3 is 1. The predicted octanol–water partition coefficient (Wildman–Crippen LogP) is 1.76. The Hall–Kier alpha value is -0.790.